The molecule has 9 heteroatoms. The van der Waals surface area contributed by atoms with Gasteiger partial charge in [-0.25, -0.2) is 4.98 Å². The third-order valence-corrected chi connectivity index (χ3v) is 6.87. The van der Waals surface area contributed by atoms with E-state index in [4.69, 9.17) is 21.1 Å². The number of methoxy groups -OCH3 is 1. The van der Waals surface area contributed by atoms with Crippen LogP contribution in [-0.2, 0) is 6.61 Å². The van der Waals surface area contributed by atoms with E-state index in [-0.39, 0.29) is 30.5 Å². The molecule has 178 valence electrons. The van der Waals surface area contributed by atoms with Crippen LogP contribution in [0.1, 0.15) is 51.5 Å². The van der Waals surface area contributed by atoms with Gasteiger partial charge in [0.05, 0.1) is 17.7 Å². The molecule has 2 atom stereocenters. The van der Waals surface area contributed by atoms with Crippen LogP contribution in [0.4, 0.5) is 0 Å². The van der Waals surface area contributed by atoms with Crippen molar-refractivity contribution < 1.29 is 19.1 Å². The molecule has 1 aromatic heterocycles. The fourth-order valence-corrected chi connectivity index (χ4v) is 4.88. The Balaban J connectivity index is 1.36. The molecule has 0 saturated heterocycles. The van der Waals surface area contributed by atoms with Crippen molar-refractivity contribution in [3.05, 3.63) is 75.2 Å². The second-order valence-electron chi connectivity index (χ2n) is 7.99. The molecule has 0 bridgehead atoms. The lowest BCUT2D eigenvalue weighted by Gasteiger charge is -2.32. The third-order valence-electron chi connectivity index (χ3n) is 5.72. The number of aromatic nitrogens is 1. The molecule has 0 aliphatic heterocycles. The van der Waals surface area contributed by atoms with Crippen LogP contribution in [0.15, 0.2) is 53.9 Å². The highest BCUT2D eigenvalue weighted by Crippen LogP contribution is 2.27. The Morgan fingerprint density at radius 2 is 1.65 bits per heavy atom. The number of nitrogens with one attached hydrogen (secondary N) is 2. The maximum Gasteiger partial charge on any atom is 0.271 e. The van der Waals surface area contributed by atoms with E-state index in [9.17, 15) is 9.59 Å². The molecule has 2 aromatic carbocycles. The highest BCUT2D eigenvalue weighted by Gasteiger charge is 2.29. The van der Waals surface area contributed by atoms with Crippen LogP contribution in [-0.4, -0.2) is 36.0 Å². The molecule has 4 rings (SSSR count). The molecule has 0 spiro atoms. The molecule has 3 aromatic rings. The van der Waals surface area contributed by atoms with Gasteiger partial charge in [-0.2, -0.15) is 0 Å². The van der Waals surface area contributed by atoms with Crippen LogP contribution < -0.4 is 20.1 Å². The normalized spacial score (nSPS) is 17.6. The number of carbonyl (C=O) groups excluding carboxylic acids is 2. The maximum absolute atomic E-state index is 12.9. The van der Waals surface area contributed by atoms with Crippen LogP contribution in [0.3, 0.4) is 0 Å². The minimum Gasteiger partial charge on any atom is -0.493 e. The number of thiazole rings is 1. The second-order valence-corrected chi connectivity index (χ2v) is 9.34. The van der Waals surface area contributed by atoms with E-state index in [0.29, 0.717) is 32.8 Å². The van der Waals surface area contributed by atoms with E-state index in [1.165, 1.54) is 11.3 Å². The highest BCUT2D eigenvalue weighted by molar-refractivity contribution is 7.09. The van der Waals surface area contributed by atoms with E-state index in [0.717, 1.165) is 25.7 Å². The molecule has 0 unspecified atom stereocenters. The highest BCUT2D eigenvalue weighted by atomic mass is 35.5. The van der Waals surface area contributed by atoms with Crippen molar-refractivity contribution in [2.24, 2.45) is 0 Å². The zero-order valence-corrected chi connectivity index (χ0v) is 20.3. The van der Waals surface area contributed by atoms with Crippen molar-refractivity contribution in [3.63, 3.8) is 0 Å². The van der Waals surface area contributed by atoms with E-state index in [1.807, 2.05) is 24.3 Å². The number of carbonyl (C=O) groups is 2. The van der Waals surface area contributed by atoms with Gasteiger partial charge in [-0.15, -0.1) is 11.3 Å². The van der Waals surface area contributed by atoms with Crippen LogP contribution in [0, 0.1) is 0 Å². The van der Waals surface area contributed by atoms with Gasteiger partial charge in [0.25, 0.3) is 11.8 Å². The third kappa shape index (κ3) is 5.87. The summed E-state index contributed by atoms with van der Waals surface area (Å²) < 4.78 is 11.1. The quantitative estimate of drug-likeness (QED) is 0.462. The van der Waals surface area contributed by atoms with Gasteiger partial charge in [-0.05, 0) is 37.1 Å². The Kier molecular flexibility index (Phi) is 8.03. The largest absolute Gasteiger partial charge is 0.493 e. The Labute approximate surface area is 207 Å². The molecule has 2 N–H and O–H groups in total. The second kappa shape index (κ2) is 11.4. The number of amides is 2. The van der Waals surface area contributed by atoms with Gasteiger partial charge in [0.2, 0.25) is 0 Å². The van der Waals surface area contributed by atoms with Crippen molar-refractivity contribution in [3.8, 4) is 11.5 Å². The van der Waals surface area contributed by atoms with E-state index >= 15 is 0 Å². The summed E-state index contributed by atoms with van der Waals surface area (Å²) >= 11 is 7.53. The summed E-state index contributed by atoms with van der Waals surface area (Å²) in [7, 11) is 1.59. The summed E-state index contributed by atoms with van der Waals surface area (Å²) in [5, 5.41) is 8.92. The summed E-state index contributed by atoms with van der Waals surface area (Å²) in [5.41, 5.74) is 0.768. The van der Waals surface area contributed by atoms with Crippen molar-refractivity contribution in [2.75, 3.05) is 7.11 Å². The van der Waals surface area contributed by atoms with Crippen LogP contribution >= 0.6 is 22.9 Å². The molecule has 1 aliphatic carbocycles. The standard InChI is InChI=1S/C25H26ClN3O4S/c1-32-21-12-6-7-13-22(21)33-14-23-27-20(15-34-23)25(31)29-19-11-5-4-10-18(19)28-24(30)16-8-2-3-9-17(16)26/h2-3,6-9,12-13,15,18-19H,4-5,10-11,14H2,1H3,(H,28,30)(H,29,31)/t18-,19+/m1/s1. The Morgan fingerprint density at radius 3 is 2.35 bits per heavy atom. The van der Waals surface area contributed by atoms with Gasteiger partial charge < -0.3 is 20.1 Å². The summed E-state index contributed by atoms with van der Waals surface area (Å²) in [4.78, 5) is 30.1. The molecule has 2 amide bonds. The van der Waals surface area contributed by atoms with E-state index < -0.39 is 0 Å². The van der Waals surface area contributed by atoms with Gasteiger partial charge >= 0.3 is 0 Å². The molecule has 1 fully saturated rings. The minimum atomic E-state index is -0.260. The SMILES string of the molecule is COc1ccccc1OCc1nc(C(=O)N[C@H]2CCCC[C@H]2NC(=O)c2ccccc2Cl)cs1. The Hall–Kier alpha value is -3.10. The number of halogens is 1. The lowest BCUT2D eigenvalue weighted by molar-refractivity contribution is 0.0860. The number of nitrogens with zero attached hydrogens (tertiary/aromatic N) is 1. The molecule has 7 nitrogen and oxygen atoms in total. The zero-order valence-electron chi connectivity index (χ0n) is 18.8. The number of hydrogen-bond donors (Lipinski definition) is 2. The summed E-state index contributed by atoms with van der Waals surface area (Å²) in [6.45, 7) is 0.234. The first kappa shape index (κ1) is 24.0. The minimum absolute atomic E-state index is 0.173. The first-order valence-electron chi connectivity index (χ1n) is 11.1. The predicted octanol–water partition coefficient (Wildman–Crippen LogP) is 4.86. The number of hydrogen-bond acceptors (Lipinski definition) is 6. The fourth-order valence-electron chi connectivity index (χ4n) is 3.97. The molecular weight excluding hydrogens is 474 g/mol. The zero-order chi connectivity index (χ0) is 23.9. The van der Waals surface area contributed by atoms with Crippen molar-refractivity contribution in [1.82, 2.24) is 15.6 Å². The van der Waals surface area contributed by atoms with Gasteiger partial charge in [0.15, 0.2) is 11.5 Å². The number of benzene rings is 2. The lowest BCUT2D eigenvalue weighted by atomic mass is 9.90. The van der Waals surface area contributed by atoms with Crippen LogP contribution in [0.2, 0.25) is 5.02 Å². The average Bonchev–Trinajstić information content (AvgIpc) is 3.33. The van der Waals surface area contributed by atoms with E-state index in [2.05, 4.69) is 15.6 Å². The van der Waals surface area contributed by atoms with Gasteiger partial charge in [-0.1, -0.05) is 48.7 Å². The lowest BCUT2D eigenvalue weighted by Crippen LogP contribution is -2.53. The first-order valence-corrected chi connectivity index (χ1v) is 12.4. The van der Waals surface area contributed by atoms with Crippen LogP contribution in [0.5, 0.6) is 11.5 Å². The molecule has 0 radical (unpaired) electrons. The van der Waals surface area contributed by atoms with Crippen LogP contribution in [0.25, 0.3) is 0 Å². The predicted molar refractivity (Wildman–Crippen MR) is 132 cm³/mol. The first-order chi connectivity index (χ1) is 16.5. The van der Waals surface area contributed by atoms with Gasteiger partial charge in [0.1, 0.15) is 17.3 Å². The molecule has 34 heavy (non-hydrogen) atoms. The Morgan fingerprint density at radius 1 is 1.00 bits per heavy atom. The molecule has 1 aliphatic rings. The maximum atomic E-state index is 12.9. The van der Waals surface area contributed by atoms with Gasteiger partial charge in [0, 0.05) is 17.5 Å². The number of para-hydroxylation sites is 2. The van der Waals surface area contributed by atoms with E-state index in [1.54, 1.807) is 36.8 Å². The smallest absolute Gasteiger partial charge is 0.271 e. The van der Waals surface area contributed by atoms with Gasteiger partial charge in [-0.3, -0.25) is 9.59 Å². The molecule has 1 saturated carbocycles. The van der Waals surface area contributed by atoms with Crippen molar-refractivity contribution >= 4 is 34.8 Å². The summed E-state index contributed by atoms with van der Waals surface area (Å²) in [6, 6.07) is 14.0. The monoisotopic (exact) mass is 499 g/mol. The Bertz CT molecular complexity index is 1150. The topological polar surface area (TPSA) is 89.6 Å². The van der Waals surface area contributed by atoms with Crippen molar-refractivity contribution in [1.29, 1.82) is 0 Å². The van der Waals surface area contributed by atoms with Crippen molar-refractivity contribution in [2.45, 2.75) is 44.4 Å². The summed E-state index contributed by atoms with van der Waals surface area (Å²) in [5.74, 6) is 0.759. The molecular formula is C25H26ClN3O4S. The average molecular weight is 500 g/mol. The number of ether oxygens (including phenoxy) is 2. The number of rotatable bonds is 8. The molecule has 1 heterocycles. The summed E-state index contributed by atoms with van der Waals surface area (Å²) in [6.07, 6.45) is 3.54. The fraction of sp³-hybridized carbons (Fsp3) is 0.320.